The van der Waals surface area contributed by atoms with Crippen LogP contribution in [0.2, 0.25) is 0 Å². The van der Waals surface area contributed by atoms with Crippen molar-refractivity contribution in [2.24, 2.45) is 5.73 Å². The van der Waals surface area contributed by atoms with Gasteiger partial charge in [0.2, 0.25) is 0 Å². The predicted octanol–water partition coefficient (Wildman–Crippen LogP) is 2.14. The second-order valence-electron chi connectivity index (χ2n) is 7.59. The first-order chi connectivity index (χ1) is 11.1. The summed E-state index contributed by atoms with van der Waals surface area (Å²) in [6.07, 6.45) is 1.31. The van der Waals surface area contributed by atoms with Gasteiger partial charge in [0.1, 0.15) is 5.75 Å². The first-order valence-electron chi connectivity index (χ1n) is 8.13. The number of benzene rings is 1. The van der Waals surface area contributed by atoms with Crippen molar-refractivity contribution in [3.05, 3.63) is 24.3 Å². The normalized spacial score (nSPS) is 19.7. The number of nitrogens with two attached hydrogens (primary N) is 1. The molecule has 6 nitrogen and oxygen atoms in total. The van der Waals surface area contributed by atoms with Gasteiger partial charge in [-0.05, 0) is 52.7 Å². The highest BCUT2D eigenvalue weighted by atomic mass is 16.5. The molecule has 0 saturated carbocycles. The number of rotatable bonds is 2. The fourth-order valence-electron chi connectivity index (χ4n) is 3.93. The molecule has 1 fully saturated rings. The lowest BCUT2D eigenvalue weighted by Crippen LogP contribution is -2.66. The Balaban J connectivity index is 2.24. The van der Waals surface area contributed by atoms with Gasteiger partial charge in [-0.25, -0.2) is 0 Å². The number of likely N-dealkylation sites (tertiary alicyclic amines) is 1. The molecule has 1 heterocycles. The fraction of sp³-hybridized carbons (Fsp3) is 0.556. The maximum absolute atomic E-state index is 12.9. The molecular weight excluding hydrogens is 306 g/mol. The van der Waals surface area contributed by atoms with Crippen molar-refractivity contribution in [1.82, 2.24) is 4.90 Å². The van der Waals surface area contributed by atoms with Crippen molar-refractivity contribution in [3.8, 4) is 5.75 Å². The van der Waals surface area contributed by atoms with Gasteiger partial charge in [-0.15, -0.1) is 0 Å². The zero-order valence-corrected chi connectivity index (χ0v) is 15.1. The number of methoxy groups -OCH3 is 1. The van der Waals surface area contributed by atoms with Crippen LogP contribution in [-0.2, 0) is 9.59 Å². The second-order valence-corrected chi connectivity index (χ2v) is 7.59. The van der Waals surface area contributed by atoms with Crippen LogP contribution in [0.5, 0.6) is 5.75 Å². The van der Waals surface area contributed by atoms with Crippen molar-refractivity contribution >= 4 is 17.5 Å². The van der Waals surface area contributed by atoms with E-state index in [4.69, 9.17) is 10.5 Å². The number of ether oxygens (including phenoxy) is 1. The van der Waals surface area contributed by atoms with E-state index in [-0.39, 0.29) is 6.04 Å². The van der Waals surface area contributed by atoms with E-state index in [2.05, 4.69) is 5.32 Å². The van der Waals surface area contributed by atoms with Crippen molar-refractivity contribution in [1.29, 1.82) is 0 Å². The topological polar surface area (TPSA) is 84.7 Å². The lowest BCUT2D eigenvalue weighted by atomic mass is 9.77. The zero-order chi connectivity index (χ0) is 18.1. The molecule has 0 bridgehead atoms. The molecule has 24 heavy (non-hydrogen) atoms. The highest BCUT2D eigenvalue weighted by molar-refractivity contribution is 6.40. The summed E-state index contributed by atoms with van der Waals surface area (Å²) in [6.45, 7) is 7.79. The van der Waals surface area contributed by atoms with Gasteiger partial charge in [0, 0.05) is 17.1 Å². The van der Waals surface area contributed by atoms with E-state index < -0.39 is 22.9 Å². The van der Waals surface area contributed by atoms with E-state index >= 15 is 0 Å². The van der Waals surface area contributed by atoms with E-state index in [1.165, 1.54) is 7.11 Å². The van der Waals surface area contributed by atoms with E-state index in [1.54, 1.807) is 29.2 Å². The van der Waals surface area contributed by atoms with Gasteiger partial charge in [0.15, 0.2) is 0 Å². The van der Waals surface area contributed by atoms with Crippen LogP contribution in [0.1, 0.15) is 40.5 Å². The first kappa shape index (κ1) is 18.3. The second kappa shape index (κ2) is 6.43. The molecule has 2 rings (SSSR count). The van der Waals surface area contributed by atoms with Crippen LogP contribution < -0.4 is 15.8 Å². The molecule has 0 spiro atoms. The standard InChI is InChI=1S/C18H27N3O3/c1-17(2)10-12(19)11-18(3,4)21(17)16(23)15(22)20-13-8-6-7-9-14(13)24-5/h6-9,12H,10-11,19H2,1-5H3,(H,20,22). The van der Waals surface area contributed by atoms with E-state index in [1.807, 2.05) is 27.7 Å². The average Bonchev–Trinajstić information content (AvgIpc) is 2.44. The fourth-order valence-corrected chi connectivity index (χ4v) is 3.93. The molecule has 1 aromatic carbocycles. The highest BCUT2D eigenvalue weighted by Gasteiger charge is 2.48. The summed E-state index contributed by atoms with van der Waals surface area (Å²) in [5, 5.41) is 2.66. The van der Waals surface area contributed by atoms with Gasteiger partial charge >= 0.3 is 11.8 Å². The summed E-state index contributed by atoms with van der Waals surface area (Å²) in [6, 6.07) is 7.02. The molecule has 6 heteroatoms. The summed E-state index contributed by atoms with van der Waals surface area (Å²) in [7, 11) is 1.52. The zero-order valence-electron chi connectivity index (χ0n) is 15.1. The van der Waals surface area contributed by atoms with Crippen molar-refractivity contribution in [2.45, 2.75) is 57.7 Å². The van der Waals surface area contributed by atoms with Crippen LogP contribution in [0.15, 0.2) is 24.3 Å². The number of carbonyl (C=O) groups excluding carboxylic acids is 2. The number of para-hydroxylation sites is 2. The van der Waals surface area contributed by atoms with Crippen molar-refractivity contribution in [3.63, 3.8) is 0 Å². The quantitative estimate of drug-likeness (QED) is 0.812. The Morgan fingerprint density at radius 2 is 1.71 bits per heavy atom. The molecule has 1 aromatic rings. The number of piperidine rings is 1. The smallest absolute Gasteiger partial charge is 0.314 e. The summed E-state index contributed by atoms with van der Waals surface area (Å²) in [4.78, 5) is 27.1. The number of nitrogens with one attached hydrogen (secondary N) is 1. The Labute approximate surface area is 143 Å². The largest absolute Gasteiger partial charge is 0.495 e. The molecule has 132 valence electrons. The van der Waals surface area contributed by atoms with Crippen LogP contribution in [0.4, 0.5) is 5.69 Å². The molecule has 0 unspecified atom stereocenters. The van der Waals surface area contributed by atoms with Crippen molar-refractivity contribution in [2.75, 3.05) is 12.4 Å². The number of nitrogens with zero attached hydrogens (tertiary/aromatic N) is 1. The van der Waals surface area contributed by atoms with E-state index in [0.29, 0.717) is 24.3 Å². The molecule has 1 saturated heterocycles. The summed E-state index contributed by atoms with van der Waals surface area (Å²) in [5.41, 5.74) is 5.63. The molecule has 0 radical (unpaired) electrons. The van der Waals surface area contributed by atoms with Gasteiger partial charge in [-0.3, -0.25) is 9.59 Å². The minimum Gasteiger partial charge on any atom is -0.495 e. The third-order valence-electron chi connectivity index (χ3n) is 4.49. The molecule has 1 aliphatic heterocycles. The molecular formula is C18H27N3O3. The molecule has 3 N–H and O–H groups in total. The first-order valence-corrected chi connectivity index (χ1v) is 8.13. The Morgan fingerprint density at radius 1 is 1.17 bits per heavy atom. The van der Waals surface area contributed by atoms with Crippen LogP contribution in [0.3, 0.4) is 0 Å². The molecule has 0 aromatic heterocycles. The maximum Gasteiger partial charge on any atom is 0.314 e. The highest BCUT2D eigenvalue weighted by Crippen LogP contribution is 2.38. The lowest BCUT2D eigenvalue weighted by Gasteiger charge is -2.54. The predicted molar refractivity (Wildman–Crippen MR) is 93.8 cm³/mol. The maximum atomic E-state index is 12.9. The number of hydrogen-bond donors (Lipinski definition) is 2. The minimum atomic E-state index is -0.670. The molecule has 0 aliphatic carbocycles. The van der Waals surface area contributed by atoms with Gasteiger partial charge in [-0.2, -0.15) is 0 Å². The van der Waals surface area contributed by atoms with Gasteiger partial charge in [-0.1, -0.05) is 12.1 Å². The summed E-state index contributed by atoms with van der Waals surface area (Å²) in [5.74, 6) is -0.711. The summed E-state index contributed by atoms with van der Waals surface area (Å²) < 4.78 is 5.21. The third kappa shape index (κ3) is 3.53. The van der Waals surface area contributed by atoms with Crippen LogP contribution in [-0.4, -0.2) is 40.9 Å². The van der Waals surface area contributed by atoms with Crippen molar-refractivity contribution < 1.29 is 14.3 Å². The lowest BCUT2D eigenvalue weighted by molar-refractivity contribution is -0.156. The Kier molecular flexibility index (Phi) is 4.90. The number of hydrogen-bond acceptors (Lipinski definition) is 4. The molecule has 1 aliphatic rings. The van der Waals surface area contributed by atoms with Crippen LogP contribution >= 0.6 is 0 Å². The minimum absolute atomic E-state index is 0.0105. The average molecular weight is 333 g/mol. The van der Waals surface area contributed by atoms with E-state index in [9.17, 15) is 9.59 Å². The Hall–Kier alpha value is -2.08. The molecule has 0 atom stereocenters. The Morgan fingerprint density at radius 3 is 2.25 bits per heavy atom. The number of anilines is 1. The molecule has 2 amide bonds. The SMILES string of the molecule is COc1ccccc1NC(=O)C(=O)N1C(C)(C)CC(N)CC1(C)C. The van der Waals surface area contributed by atoms with Gasteiger partial charge in [0.05, 0.1) is 12.8 Å². The van der Waals surface area contributed by atoms with Crippen LogP contribution in [0, 0.1) is 0 Å². The summed E-state index contributed by atoms with van der Waals surface area (Å²) >= 11 is 0. The van der Waals surface area contributed by atoms with E-state index in [0.717, 1.165) is 0 Å². The number of carbonyl (C=O) groups is 2. The monoisotopic (exact) mass is 333 g/mol. The van der Waals surface area contributed by atoms with Gasteiger partial charge in [0.25, 0.3) is 0 Å². The third-order valence-corrected chi connectivity index (χ3v) is 4.49. The van der Waals surface area contributed by atoms with Crippen LogP contribution in [0.25, 0.3) is 0 Å². The number of amides is 2. The Bertz CT molecular complexity index is 622. The van der Waals surface area contributed by atoms with Gasteiger partial charge < -0.3 is 20.7 Å².